The lowest BCUT2D eigenvalue weighted by Gasteiger charge is -2.22. The van der Waals surface area contributed by atoms with Crippen molar-refractivity contribution in [3.05, 3.63) is 0 Å². The number of hydrogen-bond donors (Lipinski definition) is 1. The third-order valence-corrected chi connectivity index (χ3v) is 4.26. The van der Waals surface area contributed by atoms with Gasteiger partial charge < -0.3 is 10.1 Å². The Morgan fingerprint density at radius 2 is 2.38 bits per heavy atom. The molecule has 13 heavy (non-hydrogen) atoms. The van der Waals surface area contributed by atoms with E-state index in [1.54, 1.807) is 0 Å². The quantitative estimate of drug-likeness (QED) is 0.662. The standard InChI is InChI=1S/C11H19NO/c1-12-4-5-13-11-7-9(11)3-2-8-6-10(8)11/h8-10,12H,2-7H2,1H3/t8?,9-,10-,11-/m0/s1. The van der Waals surface area contributed by atoms with E-state index in [1.807, 2.05) is 7.05 Å². The fraction of sp³-hybridized carbons (Fsp3) is 1.00. The Labute approximate surface area is 80.0 Å². The molecular weight excluding hydrogens is 162 g/mol. The molecule has 0 spiro atoms. The highest BCUT2D eigenvalue weighted by atomic mass is 16.5. The largest absolute Gasteiger partial charge is 0.373 e. The van der Waals surface area contributed by atoms with Crippen LogP contribution >= 0.6 is 0 Å². The maximum Gasteiger partial charge on any atom is 0.0746 e. The van der Waals surface area contributed by atoms with Crippen molar-refractivity contribution in [1.29, 1.82) is 0 Å². The minimum atomic E-state index is 0.389. The first kappa shape index (κ1) is 8.25. The lowest BCUT2D eigenvalue weighted by Crippen LogP contribution is -2.27. The number of rotatable bonds is 4. The number of fused-ring (bicyclic) bond motifs is 3. The molecule has 3 rings (SSSR count). The molecule has 1 N–H and O–H groups in total. The predicted octanol–water partition coefficient (Wildman–Crippen LogP) is 1.41. The molecule has 3 saturated carbocycles. The molecule has 0 amide bonds. The van der Waals surface area contributed by atoms with Crippen LogP contribution < -0.4 is 5.32 Å². The fourth-order valence-electron chi connectivity index (χ4n) is 3.33. The highest BCUT2D eigenvalue weighted by Gasteiger charge is 2.69. The van der Waals surface area contributed by atoms with Crippen LogP contribution in [-0.2, 0) is 4.74 Å². The van der Waals surface area contributed by atoms with Gasteiger partial charge in [-0.15, -0.1) is 0 Å². The van der Waals surface area contributed by atoms with Gasteiger partial charge in [0, 0.05) is 6.54 Å². The van der Waals surface area contributed by atoms with Crippen LogP contribution in [0.3, 0.4) is 0 Å². The first-order valence-electron chi connectivity index (χ1n) is 5.65. The van der Waals surface area contributed by atoms with Crippen molar-refractivity contribution < 1.29 is 4.74 Å². The van der Waals surface area contributed by atoms with E-state index in [1.165, 1.54) is 25.7 Å². The Kier molecular flexibility index (Phi) is 1.72. The van der Waals surface area contributed by atoms with Gasteiger partial charge in [0.15, 0.2) is 0 Å². The minimum absolute atomic E-state index is 0.389. The molecule has 0 aromatic carbocycles. The van der Waals surface area contributed by atoms with Crippen LogP contribution in [0.25, 0.3) is 0 Å². The van der Waals surface area contributed by atoms with Gasteiger partial charge in [0.05, 0.1) is 12.2 Å². The average Bonchev–Trinajstić information content (AvgIpc) is 2.97. The summed E-state index contributed by atoms with van der Waals surface area (Å²) in [6.07, 6.45) is 5.78. The molecule has 1 unspecified atom stereocenters. The van der Waals surface area contributed by atoms with Crippen LogP contribution in [0.4, 0.5) is 0 Å². The van der Waals surface area contributed by atoms with Gasteiger partial charge in [0.25, 0.3) is 0 Å². The van der Waals surface area contributed by atoms with Crippen LogP contribution in [0.1, 0.15) is 25.7 Å². The van der Waals surface area contributed by atoms with Gasteiger partial charge in [0.2, 0.25) is 0 Å². The second-order valence-corrected chi connectivity index (χ2v) is 4.99. The van der Waals surface area contributed by atoms with Gasteiger partial charge in [-0.05, 0) is 50.5 Å². The first-order valence-corrected chi connectivity index (χ1v) is 5.65. The fourth-order valence-corrected chi connectivity index (χ4v) is 3.33. The Balaban J connectivity index is 1.57. The molecule has 0 heterocycles. The Morgan fingerprint density at radius 3 is 3.23 bits per heavy atom. The average molecular weight is 181 g/mol. The maximum atomic E-state index is 6.08. The Morgan fingerprint density at radius 1 is 1.46 bits per heavy atom. The maximum absolute atomic E-state index is 6.08. The van der Waals surface area contributed by atoms with Crippen LogP contribution in [0.15, 0.2) is 0 Å². The van der Waals surface area contributed by atoms with Gasteiger partial charge in [-0.25, -0.2) is 0 Å². The van der Waals surface area contributed by atoms with E-state index < -0.39 is 0 Å². The van der Waals surface area contributed by atoms with Crippen LogP contribution in [0.5, 0.6) is 0 Å². The predicted molar refractivity (Wildman–Crippen MR) is 51.5 cm³/mol. The van der Waals surface area contributed by atoms with Crippen LogP contribution in [-0.4, -0.2) is 25.8 Å². The highest BCUT2D eigenvalue weighted by Crippen LogP contribution is 2.69. The van der Waals surface area contributed by atoms with E-state index in [2.05, 4.69) is 5.32 Å². The van der Waals surface area contributed by atoms with Crippen molar-refractivity contribution in [2.24, 2.45) is 17.8 Å². The summed E-state index contributed by atoms with van der Waals surface area (Å²) in [7, 11) is 1.99. The number of nitrogens with one attached hydrogen (secondary N) is 1. The summed E-state index contributed by atoms with van der Waals surface area (Å²) in [6, 6.07) is 0. The van der Waals surface area contributed by atoms with E-state index in [4.69, 9.17) is 4.74 Å². The van der Waals surface area contributed by atoms with Gasteiger partial charge in [-0.2, -0.15) is 0 Å². The smallest absolute Gasteiger partial charge is 0.0746 e. The molecule has 2 nitrogen and oxygen atoms in total. The molecule has 0 aliphatic heterocycles. The molecule has 2 heteroatoms. The lowest BCUT2D eigenvalue weighted by molar-refractivity contribution is -0.00551. The van der Waals surface area contributed by atoms with E-state index in [0.717, 1.165) is 30.9 Å². The monoisotopic (exact) mass is 181 g/mol. The zero-order valence-electron chi connectivity index (χ0n) is 8.38. The summed E-state index contributed by atoms with van der Waals surface area (Å²) in [5, 5.41) is 3.15. The Bertz CT molecular complexity index is 218. The molecule has 3 aliphatic rings. The summed E-state index contributed by atoms with van der Waals surface area (Å²) in [6.45, 7) is 1.92. The van der Waals surface area contributed by atoms with E-state index >= 15 is 0 Å². The molecule has 0 aromatic heterocycles. The minimum Gasteiger partial charge on any atom is -0.373 e. The second kappa shape index (κ2) is 2.71. The molecule has 0 aromatic rings. The van der Waals surface area contributed by atoms with Crippen LogP contribution in [0, 0.1) is 17.8 Å². The molecule has 3 fully saturated rings. The molecule has 0 saturated heterocycles. The van der Waals surface area contributed by atoms with Crippen molar-refractivity contribution in [3.63, 3.8) is 0 Å². The molecule has 74 valence electrons. The van der Waals surface area contributed by atoms with Crippen molar-refractivity contribution >= 4 is 0 Å². The van der Waals surface area contributed by atoms with Gasteiger partial charge in [-0.3, -0.25) is 0 Å². The van der Waals surface area contributed by atoms with E-state index in [-0.39, 0.29) is 0 Å². The van der Waals surface area contributed by atoms with Gasteiger partial charge in [-0.1, -0.05) is 0 Å². The van der Waals surface area contributed by atoms with Crippen molar-refractivity contribution in [2.75, 3.05) is 20.2 Å². The molecular formula is C11H19NO. The van der Waals surface area contributed by atoms with Gasteiger partial charge >= 0.3 is 0 Å². The van der Waals surface area contributed by atoms with Crippen LogP contribution in [0.2, 0.25) is 0 Å². The third kappa shape index (κ3) is 1.15. The first-order chi connectivity index (χ1) is 6.37. The third-order valence-electron chi connectivity index (χ3n) is 4.26. The number of likely N-dealkylation sites (N-methyl/N-ethyl adjacent to an activating group) is 1. The number of hydrogen-bond acceptors (Lipinski definition) is 2. The summed E-state index contributed by atoms with van der Waals surface area (Å²) >= 11 is 0. The van der Waals surface area contributed by atoms with Crippen molar-refractivity contribution in [2.45, 2.75) is 31.3 Å². The summed E-state index contributed by atoms with van der Waals surface area (Å²) < 4.78 is 6.08. The zero-order valence-corrected chi connectivity index (χ0v) is 8.38. The summed E-state index contributed by atoms with van der Waals surface area (Å²) in [5.41, 5.74) is 0.389. The lowest BCUT2D eigenvalue weighted by atomic mass is 9.98. The van der Waals surface area contributed by atoms with Crippen molar-refractivity contribution in [1.82, 2.24) is 5.32 Å². The summed E-state index contributed by atoms with van der Waals surface area (Å²) in [5.74, 6) is 2.95. The second-order valence-electron chi connectivity index (χ2n) is 4.99. The van der Waals surface area contributed by atoms with Gasteiger partial charge in [0.1, 0.15) is 0 Å². The van der Waals surface area contributed by atoms with E-state index in [0.29, 0.717) is 5.60 Å². The molecule has 4 atom stereocenters. The highest BCUT2D eigenvalue weighted by molar-refractivity contribution is 5.19. The van der Waals surface area contributed by atoms with Crippen molar-refractivity contribution in [3.8, 4) is 0 Å². The SMILES string of the molecule is CNCCO[C@@]12C[C@@H]1CCC1C[C@@H]12. The topological polar surface area (TPSA) is 21.3 Å². The number of ether oxygens (including phenoxy) is 1. The normalized spacial score (nSPS) is 51.0. The molecule has 0 radical (unpaired) electrons. The van der Waals surface area contributed by atoms with E-state index in [9.17, 15) is 0 Å². The summed E-state index contributed by atoms with van der Waals surface area (Å²) in [4.78, 5) is 0. The molecule has 0 bridgehead atoms. The zero-order chi connectivity index (χ0) is 8.89. The Hall–Kier alpha value is -0.0800. The molecule has 3 aliphatic carbocycles.